The van der Waals surface area contributed by atoms with E-state index in [-0.39, 0.29) is 22.8 Å². The van der Waals surface area contributed by atoms with Gasteiger partial charge in [0, 0.05) is 17.2 Å². The maximum absolute atomic E-state index is 12.0. The number of carbonyl (C=O) groups is 1. The van der Waals surface area contributed by atoms with Crippen molar-refractivity contribution in [2.45, 2.75) is 0 Å². The van der Waals surface area contributed by atoms with E-state index in [9.17, 15) is 14.9 Å². The van der Waals surface area contributed by atoms with Gasteiger partial charge in [-0.2, -0.15) is 0 Å². The summed E-state index contributed by atoms with van der Waals surface area (Å²) in [7, 11) is 1.41. The summed E-state index contributed by atoms with van der Waals surface area (Å²) in [5.41, 5.74) is 0.854. The lowest BCUT2D eigenvalue weighted by Crippen LogP contribution is -2.07. The number of rotatable bonds is 4. The van der Waals surface area contributed by atoms with Crippen LogP contribution in [0.15, 0.2) is 53.2 Å². The molecule has 2 aromatic carbocycles. The summed E-state index contributed by atoms with van der Waals surface area (Å²) in [5, 5.41) is 11.5. The first-order chi connectivity index (χ1) is 12.0. The summed E-state index contributed by atoms with van der Waals surface area (Å²) in [6.07, 6.45) is 1.54. The third-order valence-corrected chi connectivity index (χ3v) is 3.67. The molecule has 8 heteroatoms. The number of nitro groups is 1. The van der Waals surface area contributed by atoms with Crippen molar-refractivity contribution in [3.05, 3.63) is 74.4 Å². The van der Waals surface area contributed by atoms with E-state index in [0.717, 1.165) is 0 Å². The second-order valence-electron chi connectivity index (χ2n) is 5.03. The number of hydrogen-bond donors (Lipinski definition) is 0. The number of nitrogens with zero attached hydrogens (tertiary/aromatic N) is 2. The molecule has 0 radical (unpaired) electrons. The van der Waals surface area contributed by atoms with E-state index in [1.165, 1.54) is 31.4 Å². The Labute approximate surface area is 147 Å². The number of aliphatic imine (C=N–C) groups is 1. The maximum atomic E-state index is 12.0. The Balaban J connectivity index is 2.01. The number of cyclic esters (lactones) is 1. The molecule has 0 saturated heterocycles. The highest BCUT2D eigenvalue weighted by molar-refractivity contribution is 6.30. The van der Waals surface area contributed by atoms with Crippen LogP contribution in [0.2, 0.25) is 5.02 Å². The largest absolute Gasteiger partial charge is 0.496 e. The fourth-order valence-electron chi connectivity index (χ4n) is 2.22. The molecule has 126 valence electrons. The third-order valence-electron chi connectivity index (χ3n) is 3.42. The molecule has 0 fully saturated rings. The molecule has 2 aromatic rings. The number of hydrogen-bond acceptors (Lipinski definition) is 6. The molecule has 3 rings (SSSR count). The van der Waals surface area contributed by atoms with Crippen molar-refractivity contribution in [1.29, 1.82) is 0 Å². The summed E-state index contributed by atoms with van der Waals surface area (Å²) < 4.78 is 10.3. The second-order valence-corrected chi connectivity index (χ2v) is 5.47. The fourth-order valence-corrected chi connectivity index (χ4v) is 2.34. The SMILES string of the molecule is COc1ccc([N+](=O)[O-])cc1C1=NC(=Cc2ccc(Cl)cc2)C(=O)O1. The molecule has 7 nitrogen and oxygen atoms in total. The molecule has 25 heavy (non-hydrogen) atoms. The van der Waals surface area contributed by atoms with E-state index in [1.54, 1.807) is 24.3 Å². The molecule has 1 heterocycles. The molecule has 0 bridgehead atoms. The lowest BCUT2D eigenvalue weighted by atomic mass is 10.1. The van der Waals surface area contributed by atoms with Gasteiger partial charge in [-0.25, -0.2) is 9.79 Å². The quantitative estimate of drug-likeness (QED) is 0.360. The van der Waals surface area contributed by atoms with Gasteiger partial charge in [-0.3, -0.25) is 10.1 Å². The van der Waals surface area contributed by atoms with Crippen LogP contribution in [-0.2, 0) is 9.53 Å². The zero-order chi connectivity index (χ0) is 18.0. The number of halogens is 1. The van der Waals surface area contributed by atoms with Gasteiger partial charge in [0.15, 0.2) is 5.70 Å². The maximum Gasteiger partial charge on any atom is 0.363 e. The van der Waals surface area contributed by atoms with Crippen molar-refractivity contribution < 1.29 is 19.2 Å². The minimum absolute atomic E-state index is 0.0502. The number of esters is 1. The van der Waals surface area contributed by atoms with Gasteiger partial charge in [-0.15, -0.1) is 0 Å². The highest BCUT2D eigenvalue weighted by Gasteiger charge is 2.27. The van der Waals surface area contributed by atoms with E-state index in [0.29, 0.717) is 16.3 Å². The Morgan fingerprint density at radius 3 is 2.60 bits per heavy atom. The number of ether oxygens (including phenoxy) is 2. The molecular weight excluding hydrogens is 348 g/mol. The van der Waals surface area contributed by atoms with Gasteiger partial charge in [-0.05, 0) is 29.8 Å². The molecule has 0 aromatic heterocycles. The molecule has 0 atom stereocenters. The van der Waals surface area contributed by atoms with Gasteiger partial charge in [0.2, 0.25) is 5.90 Å². The lowest BCUT2D eigenvalue weighted by Gasteiger charge is -2.06. The Morgan fingerprint density at radius 1 is 1.24 bits per heavy atom. The molecule has 0 N–H and O–H groups in total. The summed E-state index contributed by atoms with van der Waals surface area (Å²) in [4.78, 5) is 26.6. The minimum atomic E-state index is -0.654. The van der Waals surface area contributed by atoms with Crippen LogP contribution in [0.25, 0.3) is 6.08 Å². The molecule has 1 aliphatic heterocycles. The molecule has 0 spiro atoms. The Bertz CT molecular complexity index is 919. The molecule has 0 unspecified atom stereocenters. The second kappa shape index (κ2) is 6.74. The van der Waals surface area contributed by atoms with Crippen molar-refractivity contribution in [2.75, 3.05) is 7.11 Å². The standard InChI is InChI=1S/C17H11ClN2O5/c1-24-15-7-6-12(20(22)23)9-13(15)16-19-14(17(21)25-16)8-10-2-4-11(18)5-3-10/h2-9H,1H3. The van der Waals surface area contributed by atoms with Crippen molar-refractivity contribution >= 4 is 35.2 Å². The summed E-state index contributed by atoms with van der Waals surface area (Å²) in [6, 6.07) is 10.8. The summed E-state index contributed by atoms with van der Waals surface area (Å²) in [6.45, 7) is 0. The van der Waals surface area contributed by atoms with E-state index in [2.05, 4.69) is 4.99 Å². The smallest absolute Gasteiger partial charge is 0.363 e. The predicted molar refractivity (Wildman–Crippen MR) is 91.7 cm³/mol. The van der Waals surface area contributed by atoms with Crippen LogP contribution in [0.5, 0.6) is 5.75 Å². The highest BCUT2D eigenvalue weighted by atomic mass is 35.5. The van der Waals surface area contributed by atoms with Gasteiger partial charge in [0.05, 0.1) is 17.6 Å². The van der Waals surface area contributed by atoms with Crippen molar-refractivity contribution in [3.63, 3.8) is 0 Å². The van der Waals surface area contributed by atoms with Gasteiger partial charge >= 0.3 is 5.97 Å². The Morgan fingerprint density at radius 2 is 1.96 bits per heavy atom. The first-order valence-electron chi connectivity index (χ1n) is 7.09. The van der Waals surface area contributed by atoms with Crippen LogP contribution in [0.1, 0.15) is 11.1 Å². The van der Waals surface area contributed by atoms with Gasteiger partial charge in [0.1, 0.15) is 5.75 Å². The zero-order valence-corrected chi connectivity index (χ0v) is 13.7. The Kier molecular flexibility index (Phi) is 4.49. The third kappa shape index (κ3) is 3.51. The predicted octanol–water partition coefficient (Wildman–Crippen LogP) is 3.60. The average molecular weight is 359 g/mol. The van der Waals surface area contributed by atoms with Crippen molar-refractivity contribution in [3.8, 4) is 5.75 Å². The highest BCUT2D eigenvalue weighted by Crippen LogP contribution is 2.28. The first-order valence-corrected chi connectivity index (χ1v) is 7.46. The molecular formula is C17H11ClN2O5. The number of non-ortho nitro benzene ring substituents is 1. The van der Waals surface area contributed by atoms with Crippen molar-refractivity contribution in [1.82, 2.24) is 0 Å². The molecule has 0 aliphatic carbocycles. The van der Waals surface area contributed by atoms with Crippen LogP contribution in [0, 0.1) is 10.1 Å². The van der Waals surface area contributed by atoms with E-state index < -0.39 is 10.9 Å². The minimum Gasteiger partial charge on any atom is -0.496 e. The average Bonchev–Trinajstić information content (AvgIpc) is 2.96. The normalized spacial score (nSPS) is 15.0. The van der Waals surface area contributed by atoms with Crippen LogP contribution in [-0.4, -0.2) is 23.9 Å². The van der Waals surface area contributed by atoms with Gasteiger partial charge < -0.3 is 9.47 Å². The van der Waals surface area contributed by atoms with Crippen LogP contribution < -0.4 is 4.74 Å². The number of nitro benzene ring substituents is 1. The number of benzene rings is 2. The van der Waals surface area contributed by atoms with Crippen LogP contribution >= 0.6 is 11.6 Å². The molecule has 1 aliphatic rings. The van der Waals surface area contributed by atoms with Crippen LogP contribution in [0.4, 0.5) is 5.69 Å². The fraction of sp³-hybridized carbons (Fsp3) is 0.0588. The van der Waals surface area contributed by atoms with Gasteiger partial charge in [0.25, 0.3) is 5.69 Å². The first kappa shape index (κ1) is 16.7. The van der Waals surface area contributed by atoms with Crippen molar-refractivity contribution in [2.24, 2.45) is 4.99 Å². The Hall–Kier alpha value is -3.19. The number of methoxy groups -OCH3 is 1. The molecule has 0 saturated carbocycles. The topological polar surface area (TPSA) is 91.0 Å². The van der Waals surface area contributed by atoms with Crippen LogP contribution in [0.3, 0.4) is 0 Å². The van der Waals surface area contributed by atoms with E-state index in [4.69, 9.17) is 21.1 Å². The molecule has 0 amide bonds. The van der Waals surface area contributed by atoms with E-state index in [1.807, 2.05) is 0 Å². The monoisotopic (exact) mass is 358 g/mol. The lowest BCUT2D eigenvalue weighted by molar-refractivity contribution is -0.384. The van der Waals surface area contributed by atoms with E-state index >= 15 is 0 Å². The number of carbonyl (C=O) groups excluding carboxylic acids is 1. The summed E-state index contributed by atoms with van der Waals surface area (Å²) in [5.74, 6) is -0.394. The summed E-state index contributed by atoms with van der Waals surface area (Å²) >= 11 is 5.83. The van der Waals surface area contributed by atoms with Gasteiger partial charge in [-0.1, -0.05) is 23.7 Å². The zero-order valence-electron chi connectivity index (χ0n) is 12.9.